The molecule has 33 heavy (non-hydrogen) atoms. The van der Waals surface area contributed by atoms with Crippen LogP contribution in [0.5, 0.6) is 11.5 Å². The summed E-state index contributed by atoms with van der Waals surface area (Å²) in [5.41, 5.74) is 7.19. The van der Waals surface area contributed by atoms with Gasteiger partial charge in [-0.2, -0.15) is 4.99 Å². The maximum absolute atomic E-state index is 12.4. The minimum Gasteiger partial charge on any atom is -0.457 e. The van der Waals surface area contributed by atoms with E-state index in [1.54, 1.807) is 24.3 Å². The lowest BCUT2D eigenvalue weighted by Crippen LogP contribution is -2.32. The summed E-state index contributed by atoms with van der Waals surface area (Å²) in [5, 5.41) is 8.18. The van der Waals surface area contributed by atoms with Gasteiger partial charge in [-0.3, -0.25) is 14.9 Å². The third-order valence-corrected chi connectivity index (χ3v) is 4.58. The Morgan fingerprint density at radius 1 is 0.909 bits per heavy atom. The molecule has 9 nitrogen and oxygen atoms in total. The second-order valence-corrected chi connectivity index (χ2v) is 7.14. The molecule has 166 valence electrons. The number of hydrogen-bond donors (Lipinski definition) is 4. The van der Waals surface area contributed by atoms with Gasteiger partial charge in [-0.25, -0.2) is 4.99 Å². The molecule has 0 aromatic heterocycles. The third kappa shape index (κ3) is 6.17. The first kappa shape index (κ1) is 21.6. The molecule has 0 spiro atoms. The van der Waals surface area contributed by atoms with Gasteiger partial charge in [0, 0.05) is 11.4 Å². The molecule has 1 aliphatic rings. The van der Waals surface area contributed by atoms with Crippen molar-refractivity contribution in [3.63, 3.8) is 0 Å². The van der Waals surface area contributed by atoms with Crippen molar-refractivity contribution in [1.82, 2.24) is 5.32 Å². The highest BCUT2D eigenvalue weighted by Gasteiger charge is 2.28. The van der Waals surface area contributed by atoms with Crippen molar-refractivity contribution in [2.75, 3.05) is 10.6 Å². The van der Waals surface area contributed by atoms with Crippen LogP contribution in [-0.2, 0) is 9.59 Å². The smallest absolute Gasteiger partial charge is 0.252 e. The number of ether oxygens (including phenoxy) is 1. The predicted octanol–water partition coefficient (Wildman–Crippen LogP) is 3.09. The molecule has 1 atom stereocenters. The molecule has 0 fully saturated rings. The van der Waals surface area contributed by atoms with E-state index in [-0.39, 0.29) is 24.2 Å². The summed E-state index contributed by atoms with van der Waals surface area (Å²) in [4.78, 5) is 32.8. The fraction of sp³-hybridized carbons (Fsp3) is 0.0833. The lowest BCUT2D eigenvalue weighted by atomic mass is 10.2. The van der Waals surface area contributed by atoms with Crippen LogP contribution in [0.4, 0.5) is 11.4 Å². The number of anilines is 2. The van der Waals surface area contributed by atoms with Gasteiger partial charge in [0.15, 0.2) is 0 Å². The highest BCUT2D eigenvalue weighted by atomic mass is 16.5. The number of hydrogen-bond acceptors (Lipinski definition) is 5. The van der Waals surface area contributed by atoms with Crippen molar-refractivity contribution in [1.29, 1.82) is 0 Å². The van der Waals surface area contributed by atoms with E-state index < -0.39 is 11.9 Å². The highest BCUT2D eigenvalue weighted by molar-refractivity contribution is 6.11. The maximum atomic E-state index is 12.4. The summed E-state index contributed by atoms with van der Waals surface area (Å²) in [6.07, 6.45) is -0.126. The molecule has 4 rings (SSSR count). The molecule has 0 saturated heterocycles. The van der Waals surface area contributed by atoms with Crippen molar-refractivity contribution in [2.24, 2.45) is 15.7 Å². The summed E-state index contributed by atoms with van der Waals surface area (Å²) >= 11 is 0. The molecule has 9 heteroatoms. The summed E-state index contributed by atoms with van der Waals surface area (Å²) in [7, 11) is 0. The van der Waals surface area contributed by atoms with Crippen LogP contribution in [0.15, 0.2) is 94.9 Å². The van der Waals surface area contributed by atoms with Crippen LogP contribution >= 0.6 is 0 Å². The summed E-state index contributed by atoms with van der Waals surface area (Å²) in [6.45, 7) is 0. The van der Waals surface area contributed by atoms with Crippen molar-refractivity contribution < 1.29 is 14.3 Å². The Kier molecular flexibility index (Phi) is 6.60. The van der Waals surface area contributed by atoms with E-state index in [0.29, 0.717) is 11.4 Å². The molecular formula is C24H22N6O3. The van der Waals surface area contributed by atoms with Crippen LogP contribution in [0.1, 0.15) is 6.42 Å². The molecule has 0 radical (unpaired) electrons. The van der Waals surface area contributed by atoms with Crippen LogP contribution in [0.2, 0.25) is 0 Å². The van der Waals surface area contributed by atoms with E-state index in [2.05, 4.69) is 25.9 Å². The van der Waals surface area contributed by atoms with Crippen molar-refractivity contribution >= 4 is 35.1 Å². The lowest BCUT2D eigenvalue weighted by Gasteiger charge is -2.09. The summed E-state index contributed by atoms with van der Waals surface area (Å²) < 4.78 is 5.73. The Bertz CT molecular complexity index is 1180. The van der Waals surface area contributed by atoms with Gasteiger partial charge in [0.2, 0.25) is 17.8 Å². The van der Waals surface area contributed by atoms with Gasteiger partial charge < -0.3 is 21.1 Å². The van der Waals surface area contributed by atoms with Crippen LogP contribution in [0.3, 0.4) is 0 Å². The second-order valence-electron chi connectivity index (χ2n) is 7.14. The number of guanidine groups is 2. The average Bonchev–Trinajstić information content (AvgIpc) is 3.14. The molecule has 0 aliphatic carbocycles. The van der Waals surface area contributed by atoms with Gasteiger partial charge in [0.1, 0.15) is 17.5 Å². The Balaban J connectivity index is 1.31. The third-order valence-electron chi connectivity index (χ3n) is 4.58. The quantitative estimate of drug-likeness (QED) is 0.344. The first-order valence-corrected chi connectivity index (χ1v) is 10.2. The zero-order valence-electron chi connectivity index (χ0n) is 17.6. The van der Waals surface area contributed by atoms with Gasteiger partial charge in [0.25, 0.3) is 5.91 Å². The van der Waals surface area contributed by atoms with E-state index in [9.17, 15) is 9.59 Å². The molecular weight excluding hydrogens is 420 g/mol. The number of nitrogens with zero attached hydrogens (tertiary/aromatic N) is 2. The molecule has 2 amide bonds. The molecule has 5 N–H and O–H groups in total. The minimum atomic E-state index is -0.881. The Hall–Kier alpha value is -4.66. The molecule has 0 bridgehead atoms. The normalized spacial score (nSPS) is 15.4. The number of para-hydroxylation sites is 2. The first-order chi connectivity index (χ1) is 16.0. The topological polar surface area (TPSA) is 130 Å². The number of nitrogens with two attached hydrogens (primary N) is 1. The number of rotatable bonds is 6. The van der Waals surface area contributed by atoms with E-state index in [1.807, 2.05) is 60.7 Å². The number of aliphatic imine (C=N–C) groups is 2. The average molecular weight is 442 g/mol. The molecule has 1 aliphatic heterocycles. The van der Waals surface area contributed by atoms with Gasteiger partial charge in [-0.1, -0.05) is 36.4 Å². The standard InChI is InChI=1S/C24H22N6O3/c25-23(27-16-7-3-1-4-8-16)30-24-28-20(22(32)29-24)15-21(31)26-17-11-13-19(14-12-17)33-18-9-5-2-6-10-18/h1-14,20H,15H2,(H,26,31)(H4,25,27,28,29,30,32)/t20-/m1/s1. The zero-order valence-corrected chi connectivity index (χ0v) is 17.6. The fourth-order valence-corrected chi connectivity index (χ4v) is 3.06. The van der Waals surface area contributed by atoms with E-state index in [4.69, 9.17) is 10.5 Å². The SMILES string of the molecule is NC(=NC1=N[C@H](CC(=O)Nc2ccc(Oc3ccccc3)cc2)C(=O)N1)Nc1ccccc1. The summed E-state index contributed by atoms with van der Waals surface area (Å²) in [6, 6.07) is 24.7. The highest BCUT2D eigenvalue weighted by Crippen LogP contribution is 2.22. The molecule has 3 aromatic rings. The van der Waals surface area contributed by atoms with Gasteiger partial charge in [0.05, 0.1) is 6.42 Å². The van der Waals surface area contributed by atoms with Crippen molar-refractivity contribution in [3.05, 3.63) is 84.9 Å². The summed E-state index contributed by atoms with van der Waals surface area (Å²) in [5.74, 6) is 0.726. The van der Waals surface area contributed by atoms with Gasteiger partial charge in [-0.15, -0.1) is 0 Å². The van der Waals surface area contributed by atoms with E-state index in [1.165, 1.54) is 0 Å². The van der Waals surface area contributed by atoms with Crippen LogP contribution in [-0.4, -0.2) is 29.8 Å². The number of nitrogens with one attached hydrogen (secondary N) is 3. The van der Waals surface area contributed by atoms with Crippen LogP contribution < -0.4 is 26.4 Å². The molecule has 3 aromatic carbocycles. The minimum absolute atomic E-state index is 0.0566. The van der Waals surface area contributed by atoms with Crippen molar-refractivity contribution in [2.45, 2.75) is 12.5 Å². The van der Waals surface area contributed by atoms with Gasteiger partial charge >= 0.3 is 0 Å². The largest absolute Gasteiger partial charge is 0.457 e. The molecule has 0 unspecified atom stereocenters. The van der Waals surface area contributed by atoms with Crippen LogP contribution in [0.25, 0.3) is 0 Å². The Morgan fingerprint density at radius 2 is 1.52 bits per heavy atom. The predicted molar refractivity (Wildman–Crippen MR) is 127 cm³/mol. The first-order valence-electron chi connectivity index (χ1n) is 10.2. The monoisotopic (exact) mass is 442 g/mol. The van der Waals surface area contributed by atoms with Crippen LogP contribution in [0, 0.1) is 0 Å². The van der Waals surface area contributed by atoms with E-state index in [0.717, 1.165) is 11.4 Å². The lowest BCUT2D eigenvalue weighted by molar-refractivity contribution is -0.123. The molecule has 0 saturated carbocycles. The Labute approximate surface area is 190 Å². The van der Waals surface area contributed by atoms with Crippen molar-refractivity contribution in [3.8, 4) is 11.5 Å². The zero-order chi connectivity index (χ0) is 23.0. The second kappa shape index (κ2) is 10.1. The number of benzene rings is 3. The molecule has 1 heterocycles. The number of carbonyl (C=O) groups excluding carboxylic acids is 2. The van der Waals surface area contributed by atoms with E-state index >= 15 is 0 Å². The number of carbonyl (C=O) groups is 2. The Morgan fingerprint density at radius 3 is 2.21 bits per heavy atom. The maximum Gasteiger partial charge on any atom is 0.252 e. The fourth-order valence-electron chi connectivity index (χ4n) is 3.06. The number of amides is 2. The van der Waals surface area contributed by atoms with Gasteiger partial charge in [-0.05, 0) is 48.5 Å².